The smallest absolute Gasteiger partial charge is 0.413 e. The molecule has 0 aromatic heterocycles. The lowest BCUT2D eigenvalue weighted by atomic mass is 9.80. The van der Waals surface area contributed by atoms with Crippen LogP contribution in [0.5, 0.6) is 0 Å². The molecule has 1 fully saturated rings. The molecule has 0 heterocycles. The third-order valence-electron chi connectivity index (χ3n) is 4.37. The molecule has 0 aromatic carbocycles. The van der Waals surface area contributed by atoms with Crippen molar-refractivity contribution in [3.8, 4) is 0 Å². The number of rotatable bonds is 2. The zero-order valence-corrected chi connectivity index (χ0v) is 11.9. The molecule has 0 radical (unpaired) electrons. The predicted molar refractivity (Wildman–Crippen MR) is 62.3 cm³/mol. The number of halogens is 6. The van der Waals surface area contributed by atoms with Gasteiger partial charge in [-0.25, -0.2) is 0 Å². The molecular weight excluding hydrogens is 302 g/mol. The lowest BCUT2D eigenvalue weighted by molar-refractivity contribution is -0.327. The summed E-state index contributed by atoms with van der Waals surface area (Å²) in [5.74, 6) is -1.88. The van der Waals surface area contributed by atoms with E-state index in [0.717, 1.165) is 0 Å². The summed E-state index contributed by atoms with van der Waals surface area (Å²) in [6.07, 6.45) is -11.2. The monoisotopic (exact) mass is 320 g/mol. The Morgan fingerprint density at radius 2 is 1.43 bits per heavy atom. The first-order chi connectivity index (χ1) is 9.30. The van der Waals surface area contributed by atoms with Gasteiger partial charge in [0, 0.05) is 0 Å². The normalized spacial score (nSPS) is 28.3. The maximum atomic E-state index is 12.7. The second-order valence-electron chi connectivity index (χ2n) is 5.92. The van der Waals surface area contributed by atoms with Crippen molar-refractivity contribution in [3.63, 3.8) is 0 Å². The molecule has 0 bridgehead atoms. The predicted octanol–water partition coefficient (Wildman–Crippen LogP) is 4.49. The van der Waals surface area contributed by atoms with Gasteiger partial charge in [-0.15, -0.1) is 0 Å². The van der Waals surface area contributed by atoms with E-state index in [1.807, 2.05) is 13.8 Å². The van der Waals surface area contributed by atoms with E-state index in [2.05, 4.69) is 4.74 Å². The van der Waals surface area contributed by atoms with Crippen LogP contribution >= 0.6 is 0 Å². The number of carbonyl (C=O) groups excluding carboxylic acids is 1. The van der Waals surface area contributed by atoms with E-state index >= 15 is 0 Å². The molecule has 0 saturated heterocycles. The van der Waals surface area contributed by atoms with Crippen molar-refractivity contribution >= 4 is 5.97 Å². The van der Waals surface area contributed by atoms with Crippen LogP contribution in [0.2, 0.25) is 0 Å². The van der Waals surface area contributed by atoms with Crippen molar-refractivity contribution in [1.29, 1.82) is 0 Å². The Kier molecular flexibility index (Phi) is 4.90. The largest absolute Gasteiger partial charge is 0.461 e. The van der Waals surface area contributed by atoms with Gasteiger partial charge in [0.15, 0.2) is 0 Å². The summed E-state index contributed by atoms with van der Waals surface area (Å²) in [7, 11) is 0. The molecule has 3 atom stereocenters. The maximum Gasteiger partial charge on any atom is 0.413 e. The first-order valence-corrected chi connectivity index (χ1v) is 6.65. The van der Waals surface area contributed by atoms with Crippen LogP contribution in [-0.4, -0.2) is 24.4 Å². The average molecular weight is 320 g/mol. The Hall–Kier alpha value is -0.950. The molecule has 1 aliphatic rings. The number of hydrogen-bond acceptors (Lipinski definition) is 2. The van der Waals surface area contributed by atoms with Crippen LogP contribution in [0.25, 0.3) is 0 Å². The van der Waals surface area contributed by atoms with Crippen LogP contribution < -0.4 is 0 Å². The lowest BCUT2D eigenvalue weighted by Crippen LogP contribution is -2.55. The molecule has 21 heavy (non-hydrogen) atoms. The zero-order chi connectivity index (χ0) is 16.6. The minimum absolute atomic E-state index is 0.0829. The number of carbonyl (C=O) groups is 1. The summed E-state index contributed by atoms with van der Waals surface area (Å²) in [5, 5.41) is 0. The van der Waals surface area contributed by atoms with Gasteiger partial charge in [-0.2, -0.15) is 26.3 Å². The molecule has 0 aliphatic heterocycles. The summed E-state index contributed by atoms with van der Waals surface area (Å²) in [5.41, 5.74) is -4.49. The van der Waals surface area contributed by atoms with Gasteiger partial charge < -0.3 is 4.74 Å². The summed E-state index contributed by atoms with van der Waals surface area (Å²) in [4.78, 5) is 11.6. The molecule has 1 aliphatic carbocycles. The van der Waals surface area contributed by atoms with Crippen LogP contribution in [0.4, 0.5) is 26.3 Å². The van der Waals surface area contributed by atoms with E-state index in [-0.39, 0.29) is 25.7 Å². The van der Waals surface area contributed by atoms with Crippen LogP contribution in [0.1, 0.15) is 40.0 Å². The van der Waals surface area contributed by atoms with Crippen LogP contribution in [0.15, 0.2) is 0 Å². The highest BCUT2D eigenvalue weighted by atomic mass is 19.4. The van der Waals surface area contributed by atoms with E-state index in [1.165, 1.54) is 0 Å². The van der Waals surface area contributed by atoms with Crippen molar-refractivity contribution < 1.29 is 35.9 Å². The Labute approximate surface area is 118 Å². The fourth-order valence-electron chi connectivity index (χ4n) is 2.27. The number of esters is 1. The molecule has 1 rings (SSSR count). The second-order valence-corrected chi connectivity index (χ2v) is 5.92. The summed E-state index contributed by atoms with van der Waals surface area (Å²) in [6, 6.07) is 0. The molecule has 0 aromatic rings. The third kappa shape index (κ3) is 3.45. The van der Waals surface area contributed by atoms with Gasteiger partial charge in [0.1, 0.15) is 6.10 Å². The van der Waals surface area contributed by atoms with Gasteiger partial charge >= 0.3 is 18.3 Å². The van der Waals surface area contributed by atoms with Gasteiger partial charge in [0.2, 0.25) is 0 Å². The minimum atomic E-state index is -5.75. The fourth-order valence-corrected chi connectivity index (χ4v) is 2.27. The van der Waals surface area contributed by atoms with Gasteiger partial charge in [-0.05, 0) is 38.0 Å². The Bertz CT molecular complexity index is 373. The number of ether oxygens (including phenoxy) is 1. The van der Waals surface area contributed by atoms with E-state index in [4.69, 9.17) is 0 Å². The SMILES string of the molecule is C[C@H]1CC[C@@H](OC(=O)C(C)(C(F)(F)F)C(F)(F)F)C[C@@H]1C. The van der Waals surface area contributed by atoms with Gasteiger partial charge in [-0.1, -0.05) is 13.8 Å². The van der Waals surface area contributed by atoms with Crippen molar-refractivity contribution in [2.45, 2.75) is 58.5 Å². The topological polar surface area (TPSA) is 26.3 Å². The standard InChI is InChI=1S/C13H18F6O2/c1-7-4-5-9(6-8(7)2)21-10(20)11(3,12(14,15)16)13(17,18)19/h7-9H,4-6H2,1-3H3/t7-,8-,9+/m0/s1. The molecule has 0 amide bonds. The lowest BCUT2D eigenvalue weighted by Gasteiger charge is -2.36. The Morgan fingerprint density at radius 1 is 0.952 bits per heavy atom. The molecule has 0 spiro atoms. The summed E-state index contributed by atoms with van der Waals surface area (Å²) in [6.45, 7) is 3.60. The van der Waals surface area contributed by atoms with E-state index in [0.29, 0.717) is 12.3 Å². The molecule has 124 valence electrons. The highest BCUT2D eigenvalue weighted by molar-refractivity contribution is 5.78. The van der Waals surface area contributed by atoms with Gasteiger partial charge in [0.05, 0.1) is 0 Å². The molecule has 0 N–H and O–H groups in total. The number of alkyl halides is 6. The van der Waals surface area contributed by atoms with Crippen molar-refractivity contribution in [1.82, 2.24) is 0 Å². The van der Waals surface area contributed by atoms with Crippen molar-refractivity contribution in [2.75, 3.05) is 0 Å². The zero-order valence-electron chi connectivity index (χ0n) is 11.9. The maximum absolute atomic E-state index is 12.7. The average Bonchev–Trinajstić information content (AvgIpc) is 2.29. The van der Waals surface area contributed by atoms with Gasteiger partial charge in [-0.3, -0.25) is 4.79 Å². The fraction of sp³-hybridized carbons (Fsp3) is 0.923. The number of hydrogen-bond donors (Lipinski definition) is 0. The van der Waals surface area contributed by atoms with Crippen LogP contribution in [0, 0.1) is 17.3 Å². The summed E-state index contributed by atoms with van der Waals surface area (Å²) >= 11 is 0. The highest BCUT2D eigenvalue weighted by Gasteiger charge is 2.73. The van der Waals surface area contributed by atoms with Crippen molar-refractivity contribution in [3.05, 3.63) is 0 Å². The molecule has 0 unspecified atom stereocenters. The first kappa shape index (κ1) is 18.1. The third-order valence-corrected chi connectivity index (χ3v) is 4.37. The van der Waals surface area contributed by atoms with E-state index in [9.17, 15) is 31.1 Å². The van der Waals surface area contributed by atoms with Crippen LogP contribution in [0.3, 0.4) is 0 Å². The molecule has 1 saturated carbocycles. The second kappa shape index (κ2) is 5.68. The molecule has 2 nitrogen and oxygen atoms in total. The van der Waals surface area contributed by atoms with Crippen molar-refractivity contribution in [2.24, 2.45) is 17.3 Å². The minimum Gasteiger partial charge on any atom is -0.461 e. The molecular formula is C13H18F6O2. The van der Waals surface area contributed by atoms with E-state index < -0.39 is 29.8 Å². The Morgan fingerprint density at radius 3 is 1.81 bits per heavy atom. The highest BCUT2D eigenvalue weighted by Crippen LogP contribution is 2.51. The Balaban J connectivity index is 2.89. The summed E-state index contributed by atoms with van der Waals surface area (Å²) < 4.78 is 80.9. The molecule has 8 heteroatoms. The quantitative estimate of drug-likeness (QED) is 0.554. The van der Waals surface area contributed by atoms with Gasteiger partial charge in [0.25, 0.3) is 5.41 Å². The van der Waals surface area contributed by atoms with Crippen LogP contribution in [-0.2, 0) is 9.53 Å². The van der Waals surface area contributed by atoms with E-state index in [1.54, 1.807) is 0 Å². The first-order valence-electron chi connectivity index (χ1n) is 6.65.